The molecule has 1 saturated heterocycles. The minimum absolute atomic E-state index is 0.000458. The fourth-order valence-electron chi connectivity index (χ4n) is 2.78. The van der Waals surface area contributed by atoms with E-state index in [1.807, 2.05) is 0 Å². The number of anilines is 2. The van der Waals surface area contributed by atoms with Crippen molar-refractivity contribution in [2.75, 3.05) is 10.2 Å². The fourth-order valence-corrected chi connectivity index (χ4v) is 3.14. The highest BCUT2D eigenvalue weighted by Crippen LogP contribution is 2.33. The van der Waals surface area contributed by atoms with Crippen molar-refractivity contribution in [1.82, 2.24) is 0 Å². The van der Waals surface area contributed by atoms with Crippen molar-refractivity contribution in [1.29, 1.82) is 0 Å². The lowest BCUT2D eigenvalue weighted by Gasteiger charge is -2.19. The molecule has 2 aromatic rings. The van der Waals surface area contributed by atoms with Crippen LogP contribution in [-0.4, -0.2) is 28.9 Å². The van der Waals surface area contributed by atoms with Crippen molar-refractivity contribution in [3.8, 4) is 0 Å². The smallest absolute Gasteiger partial charge is 0.335 e. The normalized spacial score (nSPS) is 16.9. The van der Waals surface area contributed by atoms with Crippen molar-refractivity contribution in [3.05, 3.63) is 57.6 Å². The molecular formula is C18H14Cl2N2O4. The highest BCUT2D eigenvalue weighted by molar-refractivity contribution is 6.43. The number of aromatic carboxylic acids is 1. The summed E-state index contributed by atoms with van der Waals surface area (Å²) < 4.78 is 0. The largest absolute Gasteiger partial charge is 0.478 e. The molecule has 0 saturated carbocycles. The lowest BCUT2D eigenvalue weighted by atomic mass is 10.1. The van der Waals surface area contributed by atoms with E-state index in [1.165, 1.54) is 12.1 Å². The lowest BCUT2D eigenvalue weighted by molar-refractivity contribution is -0.121. The Morgan fingerprint density at radius 1 is 1.23 bits per heavy atom. The average molecular weight is 393 g/mol. The monoisotopic (exact) mass is 392 g/mol. The summed E-state index contributed by atoms with van der Waals surface area (Å²) in [5.41, 5.74) is 1.34. The molecule has 0 aliphatic carbocycles. The molecule has 2 N–H and O–H groups in total. The van der Waals surface area contributed by atoms with Crippen LogP contribution in [0.1, 0.15) is 22.3 Å². The molecule has 1 heterocycles. The van der Waals surface area contributed by atoms with Gasteiger partial charge in [-0.25, -0.2) is 9.69 Å². The number of carbonyl (C=O) groups is 3. The molecule has 1 unspecified atom stereocenters. The minimum atomic E-state index is -1.13. The Morgan fingerprint density at radius 3 is 2.65 bits per heavy atom. The summed E-state index contributed by atoms with van der Waals surface area (Å²) in [6, 6.07) is 8.44. The Bertz CT molecular complexity index is 929. The molecule has 0 aromatic heterocycles. The highest BCUT2D eigenvalue weighted by atomic mass is 35.5. The molecule has 3 rings (SSSR count). The number of benzene rings is 2. The number of nitrogens with zero attached hydrogens (tertiary/aromatic N) is 1. The van der Waals surface area contributed by atoms with Gasteiger partial charge < -0.3 is 10.4 Å². The third-order valence-electron chi connectivity index (χ3n) is 4.12. The van der Waals surface area contributed by atoms with Gasteiger partial charge in [0.15, 0.2) is 0 Å². The van der Waals surface area contributed by atoms with E-state index in [2.05, 4.69) is 5.32 Å². The molecule has 1 aliphatic rings. The van der Waals surface area contributed by atoms with Crippen LogP contribution in [0.25, 0.3) is 0 Å². The van der Waals surface area contributed by atoms with Crippen LogP contribution in [0.15, 0.2) is 36.4 Å². The number of hydrogen-bond acceptors (Lipinski definition) is 4. The topological polar surface area (TPSA) is 86.7 Å². The van der Waals surface area contributed by atoms with Gasteiger partial charge in [-0.3, -0.25) is 9.59 Å². The number of rotatable bonds is 4. The molecule has 1 aliphatic heterocycles. The van der Waals surface area contributed by atoms with Crippen LogP contribution in [0.4, 0.5) is 11.4 Å². The molecule has 8 heteroatoms. The Kier molecular flexibility index (Phi) is 4.89. The van der Waals surface area contributed by atoms with Crippen LogP contribution in [-0.2, 0) is 9.59 Å². The number of carboxylic acids is 1. The lowest BCUT2D eigenvalue weighted by Crippen LogP contribution is -2.35. The maximum Gasteiger partial charge on any atom is 0.335 e. The number of nitrogens with one attached hydrogen (secondary N) is 1. The Labute approximate surface area is 159 Å². The van der Waals surface area contributed by atoms with Crippen molar-refractivity contribution in [2.45, 2.75) is 19.4 Å². The summed E-state index contributed by atoms with van der Waals surface area (Å²) in [4.78, 5) is 37.4. The van der Waals surface area contributed by atoms with E-state index in [0.717, 1.165) is 4.90 Å². The van der Waals surface area contributed by atoms with Gasteiger partial charge in [0.1, 0.15) is 6.04 Å². The van der Waals surface area contributed by atoms with Crippen molar-refractivity contribution in [2.24, 2.45) is 0 Å². The first kappa shape index (κ1) is 18.2. The molecule has 2 amide bonds. The first-order valence-electron chi connectivity index (χ1n) is 7.71. The number of carbonyl (C=O) groups excluding carboxylic acids is 2. The minimum Gasteiger partial charge on any atom is -0.478 e. The van der Waals surface area contributed by atoms with Gasteiger partial charge >= 0.3 is 5.97 Å². The zero-order chi connectivity index (χ0) is 19.0. The average Bonchev–Trinajstić information content (AvgIpc) is 2.86. The number of carboxylic acid groups (broad SMARTS) is 1. The molecule has 26 heavy (non-hydrogen) atoms. The number of imide groups is 1. The van der Waals surface area contributed by atoms with Gasteiger partial charge in [0.2, 0.25) is 5.91 Å². The van der Waals surface area contributed by atoms with E-state index in [4.69, 9.17) is 28.3 Å². The molecule has 6 nitrogen and oxygen atoms in total. The molecule has 1 fully saturated rings. The second kappa shape index (κ2) is 6.97. The maximum atomic E-state index is 12.8. The van der Waals surface area contributed by atoms with E-state index in [0.29, 0.717) is 16.3 Å². The number of hydrogen-bond donors (Lipinski definition) is 2. The SMILES string of the molecule is Cc1ccc(C(=O)O)cc1N1C(=O)CC(Nc2cccc(Cl)c2Cl)C1=O. The summed E-state index contributed by atoms with van der Waals surface area (Å²) in [5, 5.41) is 12.7. The van der Waals surface area contributed by atoms with E-state index < -0.39 is 23.8 Å². The van der Waals surface area contributed by atoms with Gasteiger partial charge in [0.05, 0.1) is 33.4 Å². The predicted molar refractivity (Wildman–Crippen MR) is 99.1 cm³/mol. The Hall–Kier alpha value is -2.57. The van der Waals surface area contributed by atoms with E-state index >= 15 is 0 Å². The number of amides is 2. The summed E-state index contributed by atoms with van der Waals surface area (Å²) >= 11 is 12.1. The second-order valence-corrected chi connectivity index (χ2v) is 6.66. The van der Waals surface area contributed by atoms with Crippen molar-refractivity contribution >= 4 is 52.4 Å². The van der Waals surface area contributed by atoms with Crippen LogP contribution in [0.3, 0.4) is 0 Å². The van der Waals surface area contributed by atoms with Gasteiger partial charge in [-0.15, -0.1) is 0 Å². The summed E-state index contributed by atoms with van der Waals surface area (Å²) in [6.45, 7) is 1.70. The second-order valence-electron chi connectivity index (χ2n) is 5.88. The van der Waals surface area contributed by atoms with Crippen LogP contribution in [0, 0.1) is 6.92 Å². The molecule has 2 aromatic carbocycles. The number of aryl methyl sites for hydroxylation is 1. The van der Waals surface area contributed by atoms with Crippen molar-refractivity contribution < 1.29 is 19.5 Å². The summed E-state index contributed by atoms with van der Waals surface area (Å²) in [7, 11) is 0. The molecule has 1 atom stereocenters. The molecule has 0 radical (unpaired) electrons. The van der Waals surface area contributed by atoms with Gasteiger partial charge in [0, 0.05) is 0 Å². The predicted octanol–water partition coefficient (Wildman–Crippen LogP) is 3.74. The van der Waals surface area contributed by atoms with Crippen molar-refractivity contribution in [3.63, 3.8) is 0 Å². The standard InChI is InChI=1S/C18H14Cl2N2O4/c1-9-5-6-10(18(25)26)7-14(9)22-15(23)8-13(17(22)24)21-12-4-2-3-11(19)16(12)20/h2-7,13,21H,8H2,1H3,(H,25,26). The van der Waals surface area contributed by atoms with Gasteiger partial charge in [-0.1, -0.05) is 35.3 Å². The van der Waals surface area contributed by atoms with E-state index in [9.17, 15) is 14.4 Å². The zero-order valence-electron chi connectivity index (χ0n) is 13.6. The van der Waals surface area contributed by atoms with Gasteiger partial charge in [0.25, 0.3) is 5.91 Å². The van der Waals surface area contributed by atoms with E-state index in [-0.39, 0.29) is 22.7 Å². The Balaban J connectivity index is 1.91. The third kappa shape index (κ3) is 3.25. The van der Waals surface area contributed by atoms with Gasteiger partial charge in [-0.2, -0.15) is 0 Å². The molecule has 0 bridgehead atoms. The molecular weight excluding hydrogens is 379 g/mol. The summed E-state index contributed by atoms with van der Waals surface area (Å²) in [5.74, 6) is -2.03. The number of halogens is 2. The first-order valence-corrected chi connectivity index (χ1v) is 8.46. The van der Waals surface area contributed by atoms with Crippen LogP contribution in [0.2, 0.25) is 10.0 Å². The van der Waals surface area contributed by atoms with E-state index in [1.54, 1.807) is 31.2 Å². The van der Waals surface area contributed by atoms with Gasteiger partial charge in [-0.05, 0) is 36.8 Å². The fraction of sp³-hybridized carbons (Fsp3) is 0.167. The van der Waals surface area contributed by atoms with Crippen LogP contribution >= 0.6 is 23.2 Å². The van der Waals surface area contributed by atoms with Crippen LogP contribution < -0.4 is 10.2 Å². The maximum absolute atomic E-state index is 12.8. The zero-order valence-corrected chi connectivity index (χ0v) is 15.1. The third-order valence-corrected chi connectivity index (χ3v) is 4.94. The van der Waals surface area contributed by atoms with Crippen LogP contribution in [0.5, 0.6) is 0 Å². The first-order chi connectivity index (χ1) is 12.3. The highest BCUT2D eigenvalue weighted by Gasteiger charge is 2.40. The quantitative estimate of drug-likeness (QED) is 0.773. The Morgan fingerprint density at radius 2 is 1.96 bits per heavy atom. The molecule has 134 valence electrons. The summed E-state index contributed by atoms with van der Waals surface area (Å²) in [6.07, 6.45) is -0.0710. The molecule has 0 spiro atoms.